The predicted octanol–water partition coefficient (Wildman–Crippen LogP) is 4.34. The average Bonchev–Trinajstić information content (AvgIpc) is 3.38. The molecule has 1 aromatic carbocycles. The minimum absolute atomic E-state index is 0.170. The molecule has 0 fully saturated rings. The van der Waals surface area contributed by atoms with E-state index in [0.29, 0.717) is 16.6 Å². The zero-order valence-electron chi connectivity index (χ0n) is 13.7. The van der Waals surface area contributed by atoms with Gasteiger partial charge in [0.05, 0.1) is 17.1 Å². The van der Waals surface area contributed by atoms with Crippen LogP contribution in [0.4, 0.5) is 5.95 Å². The Morgan fingerprint density at radius 2 is 2.04 bits per heavy atom. The monoisotopic (exact) mass is 418 g/mol. The van der Waals surface area contributed by atoms with E-state index in [0.717, 1.165) is 16.1 Å². The Morgan fingerprint density at radius 3 is 2.78 bits per heavy atom. The van der Waals surface area contributed by atoms with Gasteiger partial charge in [-0.2, -0.15) is 5.10 Å². The maximum atomic E-state index is 12.4. The fourth-order valence-corrected chi connectivity index (χ4v) is 3.64. The van der Waals surface area contributed by atoms with E-state index in [4.69, 9.17) is 23.2 Å². The number of carbonyl (C=O) groups excluding carboxylic acids is 1. The number of anilines is 1. The van der Waals surface area contributed by atoms with Gasteiger partial charge in [0, 0.05) is 15.6 Å². The van der Waals surface area contributed by atoms with Crippen LogP contribution in [-0.4, -0.2) is 30.9 Å². The maximum Gasteiger partial charge on any atom is 0.278 e. The second kappa shape index (κ2) is 7.51. The van der Waals surface area contributed by atoms with Crippen LogP contribution in [0.2, 0.25) is 10.0 Å². The van der Waals surface area contributed by atoms with Crippen molar-refractivity contribution in [2.45, 2.75) is 6.54 Å². The van der Waals surface area contributed by atoms with Crippen LogP contribution >= 0.6 is 34.5 Å². The van der Waals surface area contributed by atoms with Crippen molar-refractivity contribution >= 4 is 46.4 Å². The van der Waals surface area contributed by atoms with Crippen molar-refractivity contribution < 1.29 is 4.79 Å². The Hall–Kier alpha value is -2.68. The second-order valence-electron chi connectivity index (χ2n) is 5.56. The van der Waals surface area contributed by atoms with Gasteiger partial charge in [-0.1, -0.05) is 35.3 Å². The van der Waals surface area contributed by atoms with Gasteiger partial charge >= 0.3 is 0 Å². The van der Waals surface area contributed by atoms with Crippen LogP contribution in [0.1, 0.15) is 16.1 Å². The van der Waals surface area contributed by atoms with Crippen LogP contribution < -0.4 is 5.32 Å². The van der Waals surface area contributed by atoms with Gasteiger partial charge in [0.2, 0.25) is 5.95 Å². The number of benzene rings is 1. The molecule has 27 heavy (non-hydrogen) atoms. The average molecular weight is 419 g/mol. The van der Waals surface area contributed by atoms with Crippen LogP contribution in [0.3, 0.4) is 0 Å². The van der Waals surface area contributed by atoms with Crippen molar-refractivity contribution in [2.24, 2.45) is 0 Å². The van der Waals surface area contributed by atoms with Crippen molar-refractivity contribution in [1.82, 2.24) is 25.0 Å². The van der Waals surface area contributed by atoms with E-state index in [1.165, 1.54) is 6.33 Å². The molecule has 1 amide bonds. The fraction of sp³-hybridized carbons (Fsp3) is 0.0588. The summed E-state index contributed by atoms with van der Waals surface area (Å²) in [5.74, 6) is -0.230. The third-order valence-electron chi connectivity index (χ3n) is 3.74. The minimum Gasteiger partial charge on any atom is -0.288 e. The first-order chi connectivity index (χ1) is 13.1. The van der Waals surface area contributed by atoms with Gasteiger partial charge in [-0.3, -0.25) is 15.2 Å². The maximum absolute atomic E-state index is 12.4. The van der Waals surface area contributed by atoms with Crippen LogP contribution in [-0.2, 0) is 6.54 Å². The molecular formula is C17H12Cl2N6OS. The summed E-state index contributed by atoms with van der Waals surface area (Å²) in [6, 6.07) is 10.8. The van der Waals surface area contributed by atoms with Crippen LogP contribution in [0.25, 0.3) is 10.6 Å². The first-order valence-corrected chi connectivity index (χ1v) is 9.46. The molecule has 4 rings (SSSR count). The molecule has 0 bridgehead atoms. The number of halogens is 2. The summed E-state index contributed by atoms with van der Waals surface area (Å²) in [5, 5.41) is 16.8. The molecule has 0 saturated heterocycles. The molecule has 0 aliphatic heterocycles. The fourth-order valence-electron chi connectivity index (χ4n) is 2.44. The van der Waals surface area contributed by atoms with Crippen LogP contribution in [0.5, 0.6) is 0 Å². The highest BCUT2D eigenvalue weighted by Gasteiger charge is 2.15. The first kappa shape index (κ1) is 17.7. The number of nitrogens with one attached hydrogen (secondary N) is 2. The summed E-state index contributed by atoms with van der Waals surface area (Å²) in [6.07, 6.45) is 1.50. The second-order valence-corrected chi connectivity index (χ2v) is 7.33. The highest BCUT2D eigenvalue weighted by atomic mass is 35.5. The predicted molar refractivity (Wildman–Crippen MR) is 105 cm³/mol. The topological polar surface area (TPSA) is 88.5 Å². The third kappa shape index (κ3) is 3.87. The van der Waals surface area contributed by atoms with E-state index in [1.807, 2.05) is 17.5 Å². The number of carbonyl (C=O) groups is 1. The number of aromatic nitrogens is 5. The van der Waals surface area contributed by atoms with E-state index >= 15 is 0 Å². The van der Waals surface area contributed by atoms with Crippen molar-refractivity contribution in [3.05, 3.63) is 69.4 Å². The van der Waals surface area contributed by atoms with Gasteiger partial charge in [0.15, 0.2) is 5.69 Å². The van der Waals surface area contributed by atoms with E-state index in [-0.39, 0.29) is 11.6 Å². The minimum atomic E-state index is -0.400. The smallest absolute Gasteiger partial charge is 0.278 e. The zero-order chi connectivity index (χ0) is 18.8. The zero-order valence-corrected chi connectivity index (χ0v) is 16.0. The van der Waals surface area contributed by atoms with Gasteiger partial charge in [0.25, 0.3) is 5.91 Å². The number of hydrogen-bond acceptors (Lipinski definition) is 5. The third-order valence-corrected chi connectivity index (χ3v) is 5.35. The van der Waals surface area contributed by atoms with E-state index in [9.17, 15) is 4.79 Å². The molecule has 3 heterocycles. The van der Waals surface area contributed by atoms with E-state index in [2.05, 4.69) is 25.6 Å². The standard InChI is InChI=1S/C17H12Cl2N6OS/c18-11-3-1-4-12(19)10(11)8-25-9-20-17(24-25)21-16(26)14-7-13(22-23-14)15-5-2-6-27-15/h1-7,9H,8H2,(H,22,23)(H,21,24,26). The van der Waals surface area contributed by atoms with E-state index in [1.54, 1.807) is 40.3 Å². The molecule has 7 nitrogen and oxygen atoms in total. The summed E-state index contributed by atoms with van der Waals surface area (Å²) in [5.41, 5.74) is 1.77. The molecule has 0 saturated carbocycles. The lowest BCUT2D eigenvalue weighted by atomic mass is 10.2. The van der Waals surface area contributed by atoms with Gasteiger partial charge < -0.3 is 0 Å². The van der Waals surface area contributed by atoms with Crippen LogP contribution in [0, 0.1) is 0 Å². The highest BCUT2D eigenvalue weighted by Crippen LogP contribution is 2.25. The van der Waals surface area contributed by atoms with E-state index < -0.39 is 5.91 Å². The van der Waals surface area contributed by atoms with Crippen molar-refractivity contribution in [2.75, 3.05) is 5.32 Å². The van der Waals surface area contributed by atoms with Crippen molar-refractivity contribution in [3.8, 4) is 10.6 Å². The SMILES string of the molecule is O=C(Nc1ncn(Cc2c(Cl)cccc2Cl)n1)c1cc(-c2cccs2)[nH]n1. The molecule has 0 unspecified atom stereocenters. The summed E-state index contributed by atoms with van der Waals surface area (Å²) in [6.45, 7) is 0.340. The number of amides is 1. The lowest BCUT2D eigenvalue weighted by Crippen LogP contribution is -2.14. The van der Waals surface area contributed by atoms with Crippen LogP contribution in [0.15, 0.2) is 48.1 Å². The molecule has 3 aromatic heterocycles. The molecular weight excluding hydrogens is 407 g/mol. The van der Waals surface area contributed by atoms with Gasteiger partial charge in [-0.25, -0.2) is 9.67 Å². The molecule has 0 spiro atoms. The van der Waals surface area contributed by atoms with Crippen molar-refractivity contribution in [3.63, 3.8) is 0 Å². The lowest BCUT2D eigenvalue weighted by molar-refractivity contribution is 0.102. The Labute approximate surface area is 168 Å². The number of thiophene rings is 1. The molecule has 0 aliphatic carbocycles. The molecule has 0 atom stereocenters. The summed E-state index contributed by atoms with van der Waals surface area (Å²) < 4.78 is 1.55. The Kier molecular flexibility index (Phi) is 4.93. The molecule has 136 valence electrons. The van der Waals surface area contributed by atoms with Gasteiger partial charge in [-0.05, 0) is 29.6 Å². The molecule has 10 heteroatoms. The molecule has 2 N–H and O–H groups in total. The number of rotatable bonds is 5. The number of nitrogens with zero attached hydrogens (tertiary/aromatic N) is 4. The summed E-state index contributed by atoms with van der Waals surface area (Å²) in [7, 11) is 0. The van der Waals surface area contributed by atoms with Crippen molar-refractivity contribution in [1.29, 1.82) is 0 Å². The van der Waals surface area contributed by atoms with Gasteiger partial charge in [0.1, 0.15) is 6.33 Å². The number of H-pyrrole nitrogens is 1. The normalized spacial score (nSPS) is 10.9. The Morgan fingerprint density at radius 1 is 1.22 bits per heavy atom. The molecule has 0 radical (unpaired) electrons. The van der Waals surface area contributed by atoms with Gasteiger partial charge in [-0.15, -0.1) is 16.4 Å². The number of aromatic amines is 1. The highest BCUT2D eigenvalue weighted by molar-refractivity contribution is 7.13. The lowest BCUT2D eigenvalue weighted by Gasteiger charge is -2.06. The Balaban J connectivity index is 1.45. The first-order valence-electron chi connectivity index (χ1n) is 7.83. The largest absolute Gasteiger partial charge is 0.288 e. The summed E-state index contributed by atoms with van der Waals surface area (Å²) >= 11 is 13.9. The summed E-state index contributed by atoms with van der Waals surface area (Å²) in [4.78, 5) is 17.4. The Bertz CT molecular complexity index is 1070. The molecule has 4 aromatic rings. The molecule has 0 aliphatic rings. The quantitative estimate of drug-likeness (QED) is 0.504. The number of hydrogen-bond donors (Lipinski definition) is 2.